The number of nitrogens with zero attached hydrogens (tertiary/aromatic N) is 3. The van der Waals surface area contributed by atoms with Gasteiger partial charge < -0.3 is 14.8 Å². The number of nitrogens with one attached hydrogen (secondary N) is 1. The zero-order chi connectivity index (χ0) is 24.8. The van der Waals surface area contributed by atoms with E-state index in [1.54, 1.807) is 25.3 Å². The van der Waals surface area contributed by atoms with Crippen molar-refractivity contribution in [3.63, 3.8) is 0 Å². The largest absolute Gasteiger partial charge is 0.497 e. The number of carbonyl (C=O) groups is 1. The molecule has 1 amide bonds. The van der Waals surface area contributed by atoms with Crippen LogP contribution in [0.15, 0.2) is 54.6 Å². The fourth-order valence-corrected chi connectivity index (χ4v) is 4.38. The van der Waals surface area contributed by atoms with Crippen molar-refractivity contribution in [1.82, 2.24) is 20.0 Å². The number of carbonyl (C=O) groups excluding carboxylic acids is 1. The predicted molar refractivity (Wildman–Crippen MR) is 133 cm³/mol. The van der Waals surface area contributed by atoms with Crippen molar-refractivity contribution in [1.29, 1.82) is 0 Å². The van der Waals surface area contributed by atoms with E-state index in [9.17, 15) is 9.18 Å². The van der Waals surface area contributed by atoms with Gasteiger partial charge in [0.2, 0.25) is 5.91 Å². The van der Waals surface area contributed by atoms with E-state index in [-0.39, 0.29) is 17.8 Å². The SMILES string of the molecule is COc1ccc(C(CNC(=O)/C=C/c2c(C)nn(-c3ccc(F)cc3)c2Cl)N2CCOCC2)cc1. The normalized spacial score (nSPS) is 15.3. The summed E-state index contributed by atoms with van der Waals surface area (Å²) in [5.74, 6) is 0.215. The van der Waals surface area contributed by atoms with Crippen LogP contribution in [0.5, 0.6) is 5.75 Å². The minimum Gasteiger partial charge on any atom is -0.497 e. The Labute approximate surface area is 209 Å². The fourth-order valence-electron chi connectivity index (χ4n) is 4.04. The van der Waals surface area contributed by atoms with Crippen molar-refractivity contribution in [2.75, 3.05) is 40.0 Å². The summed E-state index contributed by atoms with van der Waals surface area (Å²) in [5, 5.41) is 7.79. The van der Waals surface area contributed by atoms with Gasteiger partial charge in [0, 0.05) is 31.3 Å². The molecule has 0 saturated carbocycles. The van der Waals surface area contributed by atoms with Crippen LogP contribution in [-0.4, -0.2) is 60.5 Å². The Hall–Kier alpha value is -3.20. The molecule has 35 heavy (non-hydrogen) atoms. The van der Waals surface area contributed by atoms with Gasteiger partial charge in [0.15, 0.2) is 0 Å². The second-order valence-corrected chi connectivity index (χ2v) is 8.55. The molecule has 9 heteroatoms. The predicted octanol–water partition coefficient (Wildman–Crippen LogP) is 4.18. The molecule has 2 heterocycles. The van der Waals surface area contributed by atoms with Gasteiger partial charge in [-0.25, -0.2) is 9.07 Å². The van der Waals surface area contributed by atoms with Gasteiger partial charge in [-0.3, -0.25) is 9.69 Å². The van der Waals surface area contributed by atoms with Crippen LogP contribution >= 0.6 is 11.6 Å². The number of methoxy groups -OCH3 is 1. The molecule has 1 saturated heterocycles. The number of hydrogen-bond acceptors (Lipinski definition) is 5. The zero-order valence-corrected chi connectivity index (χ0v) is 20.5. The average molecular weight is 499 g/mol. The van der Waals surface area contributed by atoms with Crippen LogP contribution in [0.3, 0.4) is 0 Å². The molecule has 1 aliphatic rings. The van der Waals surface area contributed by atoms with Crippen LogP contribution in [0.2, 0.25) is 5.15 Å². The molecule has 0 spiro atoms. The van der Waals surface area contributed by atoms with E-state index in [1.165, 1.54) is 22.9 Å². The maximum atomic E-state index is 13.3. The Balaban J connectivity index is 1.45. The second kappa shape index (κ2) is 11.5. The summed E-state index contributed by atoms with van der Waals surface area (Å²) in [4.78, 5) is 15.0. The van der Waals surface area contributed by atoms with Gasteiger partial charge in [-0.1, -0.05) is 23.7 Å². The molecule has 0 bridgehead atoms. The Morgan fingerprint density at radius 2 is 1.89 bits per heavy atom. The van der Waals surface area contributed by atoms with Crippen LogP contribution in [0.4, 0.5) is 4.39 Å². The van der Waals surface area contributed by atoms with Crippen molar-refractivity contribution < 1.29 is 18.7 Å². The third-order valence-corrected chi connectivity index (χ3v) is 6.34. The minimum atomic E-state index is -0.337. The number of rotatable bonds is 8. The van der Waals surface area contributed by atoms with Crippen molar-refractivity contribution in [3.8, 4) is 11.4 Å². The molecule has 4 rings (SSSR count). The van der Waals surface area contributed by atoms with Crippen molar-refractivity contribution >= 4 is 23.6 Å². The van der Waals surface area contributed by atoms with Gasteiger partial charge >= 0.3 is 0 Å². The third-order valence-electron chi connectivity index (χ3n) is 5.98. The Morgan fingerprint density at radius 3 is 2.54 bits per heavy atom. The van der Waals surface area contributed by atoms with E-state index in [2.05, 4.69) is 15.3 Å². The second-order valence-electron chi connectivity index (χ2n) is 8.19. The molecule has 1 fully saturated rings. The summed E-state index contributed by atoms with van der Waals surface area (Å²) in [6.45, 7) is 5.16. The lowest BCUT2D eigenvalue weighted by atomic mass is 10.0. The van der Waals surface area contributed by atoms with E-state index in [0.29, 0.717) is 41.9 Å². The average Bonchev–Trinajstić information content (AvgIpc) is 3.17. The van der Waals surface area contributed by atoms with Gasteiger partial charge in [0.1, 0.15) is 16.7 Å². The first-order valence-electron chi connectivity index (χ1n) is 11.4. The van der Waals surface area contributed by atoms with Crippen LogP contribution in [-0.2, 0) is 9.53 Å². The van der Waals surface area contributed by atoms with Gasteiger partial charge in [-0.05, 0) is 55.0 Å². The molecule has 1 atom stereocenters. The summed E-state index contributed by atoms with van der Waals surface area (Å²) in [6.07, 6.45) is 3.10. The number of amides is 1. The molecule has 1 aromatic heterocycles. The summed E-state index contributed by atoms with van der Waals surface area (Å²) in [6, 6.07) is 13.8. The molecule has 1 unspecified atom stereocenters. The number of ether oxygens (including phenoxy) is 2. The first-order chi connectivity index (χ1) is 17.0. The first kappa shape index (κ1) is 24.9. The molecule has 0 aliphatic carbocycles. The number of aryl methyl sites for hydroxylation is 1. The fraction of sp³-hybridized carbons (Fsp3) is 0.308. The highest BCUT2D eigenvalue weighted by molar-refractivity contribution is 6.31. The van der Waals surface area contributed by atoms with Crippen LogP contribution in [0, 0.1) is 12.7 Å². The Morgan fingerprint density at radius 1 is 1.20 bits per heavy atom. The topological polar surface area (TPSA) is 68.6 Å². The van der Waals surface area contributed by atoms with Gasteiger partial charge in [0.25, 0.3) is 0 Å². The number of aromatic nitrogens is 2. The molecule has 1 N–H and O–H groups in total. The minimum absolute atomic E-state index is 0.00806. The number of benzene rings is 2. The highest BCUT2D eigenvalue weighted by Gasteiger charge is 2.23. The standard InChI is InChI=1S/C26H28ClFN4O3/c1-18-23(26(27)32(30-18)21-7-5-20(28)6-8-21)11-12-25(33)29-17-24(31-13-15-35-16-14-31)19-3-9-22(34-2)10-4-19/h3-12,24H,13-17H2,1-2H3,(H,29,33)/b12-11+. The molecule has 1 aliphatic heterocycles. The monoisotopic (exact) mass is 498 g/mol. The van der Waals surface area contributed by atoms with E-state index in [4.69, 9.17) is 21.1 Å². The number of halogens is 2. The summed E-state index contributed by atoms with van der Waals surface area (Å²) < 4.78 is 25.5. The molecule has 0 radical (unpaired) electrons. The third kappa shape index (κ3) is 6.08. The van der Waals surface area contributed by atoms with Crippen LogP contribution < -0.4 is 10.1 Å². The van der Waals surface area contributed by atoms with E-state index < -0.39 is 0 Å². The zero-order valence-electron chi connectivity index (χ0n) is 19.7. The van der Waals surface area contributed by atoms with Gasteiger partial charge in [0.05, 0.1) is 37.7 Å². The van der Waals surface area contributed by atoms with Crippen molar-refractivity contribution in [3.05, 3.63) is 82.4 Å². The van der Waals surface area contributed by atoms with Crippen LogP contribution in [0.25, 0.3) is 11.8 Å². The quantitative estimate of drug-likeness (QED) is 0.472. The highest BCUT2D eigenvalue weighted by atomic mass is 35.5. The molecular weight excluding hydrogens is 471 g/mol. The Kier molecular flexibility index (Phi) is 8.17. The lowest BCUT2D eigenvalue weighted by molar-refractivity contribution is -0.116. The maximum Gasteiger partial charge on any atom is 0.244 e. The summed E-state index contributed by atoms with van der Waals surface area (Å²) in [5.41, 5.74) is 3.02. The molecule has 3 aromatic rings. The molecule has 184 valence electrons. The van der Waals surface area contributed by atoms with Crippen molar-refractivity contribution in [2.24, 2.45) is 0 Å². The number of hydrogen-bond donors (Lipinski definition) is 1. The summed E-state index contributed by atoms with van der Waals surface area (Å²) >= 11 is 6.52. The summed E-state index contributed by atoms with van der Waals surface area (Å²) in [7, 11) is 1.64. The molecule has 2 aromatic carbocycles. The Bertz CT molecular complexity index is 1170. The van der Waals surface area contributed by atoms with E-state index >= 15 is 0 Å². The smallest absolute Gasteiger partial charge is 0.244 e. The maximum absolute atomic E-state index is 13.3. The lowest BCUT2D eigenvalue weighted by Gasteiger charge is -2.34. The first-order valence-corrected chi connectivity index (χ1v) is 11.8. The van der Waals surface area contributed by atoms with E-state index in [1.807, 2.05) is 31.2 Å². The number of morpholine rings is 1. The highest BCUT2D eigenvalue weighted by Crippen LogP contribution is 2.26. The van der Waals surface area contributed by atoms with Crippen LogP contribution in [0.1, 0.15) is 22.9 Å². The van der Waals surface area contributed by atoms with Gasteiger partial charge in [-0.15, -0.1) is 0 Å². The molecule has 7 nitrogen and oxygen atoms in total. The van der Waals surface area contributed by atoms with Gasteiger partial charge in [-0.2, -0.15) is 5.10 Å². The molecular formula is C26H28ClFN4O3. The lowest BCUT2D eigenvalue weighted by Crippen LogP contribution is -2.43. The van der Waals surface area contributed by atoms with E-state index in [0.717, 1.165) is 24.4 Å². The van der Waals surface area contributed by atoms with Crippen molar-refractivity contribution in [2.45, 2.75) is 13.0 Å².